The second-order valence-corrected chi connectivity index (χ2v) is 8.52. The summed E-state index contributed by atoms with van der Waals surface area (Å²) >= 11 is 7.74. The summed E-state index contributed by atoms with van der Waals surface area (Å²) in [6.45, 7) is 4.19. The van der Waals surface area contributed by atoms with Gasteiger partial charge in [0.15, 0.2) is 0 Å². The number of amides is 1. The number of aryl methyl sites for hydroxylation is 1. The highest BCUT2D eigenvalue weighted by atomic mass is 35.5. The Balaban J connectivity index is 1.47. The fourth-order valence-corrected chi connectivity index (χ4v) is 4.02. The van der Waals surface area contributed by atoms with Crippen LogP contribution in [0.25, 0.3) is 5.78 Å². The number of benzene rings is 1. The molecule has 0 spiro atoms. The van der Waals surface area contributed by atoms with Crippen molar-refractivity contribution in [2.75, 3.05) is 10.6 Å². The lowest BCUT2D eigenvalue weighted by atomic mass is 10.1. The average molecular weight is 457 g/mol. The molecule has 4 aromatic rings. The van der Waals surface area contributed by atoms with Gasteiger partial charge in [0.05, 0.1) is 12.2 Å². The van der Waals surface area contributed by atoms with Gasteiger partial charge in [0.25, 0.3) is 11.3 Å². The standard InChI is InChI=1S/C21H21ClN6O2S/c1-12-16(22)6-3-7-17(12)25-18(29)9-8-15-13(2)24-21-26-20(27-28(21)19(15)30)23-11-14-5-4-10-31-14/h3-7,10H,8-9,11H2,1-2H3,(H,25,29)(H2,23,24,26,27). The molecule has 160 valence electrons. The number of carbonyl (C=O) groups is 1. The lowest BCUT2D eigenvalue weighted by Gasteiger charge is -2.10. The van der Waals surface area contributed by atoms with E-state index in [0.717, 1.165) is 10.4 Å². The molecule has 1 amide bonds. The first-order chi connectivity index (χ1) is 14.9. The number of nitrogens with zero attached hydrogens (tertiary/aromatic N) is 3. The molecule has 0 fully saturated rings. The maximum Gasteiger partial charge on any atom is 0.277 e. The monoisotopic (exact) mass is 456 g/mol. The van der Waals surface area contributed by atoms with Crippen LogP contribution in [0.3, 0.4) is 0 Å². The van der Waals surface area contributed by atoms with Crippen LogP contribution in [-0.4, -0.2) is 25.5 Å². The van der Waals surface area contributed by atoms with Gasteiger partial charge in [-0.1, -0.05) is 23.7 Å². The van der Waals surface area contributed by atoms with Gasteiger partial charge >= 0.3 is 0 Å². The number of carbonyl (C=O) groups excluding carboxylic acids is 1. The molecule has 10 heteroatoms. The highest BCUT2D eigenvalue weighted by Crippen LogP contribution is 2.23. The molecular weight excluding hydrogens is 436 g/mol. The Kier molecular flexibility index (Phi) is 6.06. The van der Waals surface area contributed by atoms with E-state index in [2.05, 4.69) is 25.7 Å². The summed E-state index contributed by atoms with van der Waals surface area (Å²) in [6.07, 6.45) is 0.413. The number of nitrogens with one attached hydrogen (secondary N) is 3. The molecule has 0 saturated carbocycles. The zero-order valence-electron chi connectivity index (χ0n) is 17.0. The molecule has 31 heavy (non-hydrogen) atoms. The number of anilines is 2. The molecule has 0 aliphatic carbocycles. The Hall–Kier alpha value is -3.17. The molecule has 4 rings (SSSR count). The summed E-state index contributed by atoms with van der Waals surface area (Å²) in [6, 6.07) is 9.34. The van der Waals surface area contributed by atoms with Gasteiger partial charge in [-0.05, 0) is 49.4 Å². The predicted octanol–water partition coefficient (Wildman–Crippen LogP) is 3.93. The highest BCUT2D eigenvalue weighted by molar-refractivity contribution is 7.09. The summed E-state index contributed by atoms with van der Waals surface area (Å²) in [4.78, 5) is 35.3. The van der Waals surface area contributed by atoms with Crippen LogP contribution in [-0.2, 0) is 17.8 Å². The second-order valence-electron chi connectivity index (χ2n) is 7.08. The van der Waals surface area contributed by atoms with Crippen molar-refractivity contribution in [3.63, 3.8) is 0 Å². The van der Waals surface area contributed by atoms with Crippen molar-refractivity contribution < 1.29 is 4.79 Å². The van der Waals surface area contributed by atoms with Crippen LogP contribution in [0.1, 0.15) is 28.1 Å². The number of H-pyrrole nitrogens is 1. The van der Waals surface area contributed by atoms with Gasteiger partial charge in [0.2, 0.25) is 11.9 Å². The number of aromatic nitrogens is 4. The average Bonchev–Trinajstić information content (AvgIpc) is 3.39. The molecule has 3 aromatic heterocycles. The molecule has 1 aromatic carbocycles. The van der Waals surface area contributed by atoms with Crippen LogP contribution < -0.4 is 16.2 Å². The van der Waals surface area contributed by atoms with Gasteiger partial charge in [-0.2, -0.15) is 9.50 Å². The summed E-state index contributed by atoms with van der Waals surface area (Å²) in [5.74, 6) is 0.555. The molecular formula is C21H21ClN6O2S. The third kappa shape index (κ3) is 4.62. The van der Waals surface area contributed by atoms with Crippen LogP contribution in [0, 0.1) is 13.8 Å². The number of hydrogen-bond donors (Lipinski definition) is 3. The normalized spacial score (nSPS) is 11.1. The number of halogens is 1. The zero-order valence-corrected chi connectivity index (χ0v) is 18.6. The van der Waals surface area contributed by atoms with E-state index in [9.17, 15) is 9.59 Å². The topological polar surface area (TPSA) is 104 Å². The number of fused-ring (bicyclic) bond motifs is 1. The maximum absolute atomic E-state index is 12.9. The Morgan fingerprint density at radius 2 is 2.06 bits per heavy atom. The summed E-state index contributed by atoms with van der Waals surface area (Å²) in [5, 5.41) is 11.5. The zero-order chi connectivity index (χ0) is 22.0. The summed E-state index contributed by atoms with van der Waals surface area (Å²) in [5.41, 5.74) is 2.24. The van der Waals surface area contributed by atoms with E-state index in [4.69, 9.17) is 11.6 Å². The maximum atomic E-state index is 12.9. The Morgan fingerprint density at radius 3 is 2.84 bits per heavy atom. The van der Waals surface area contributed by atoms with E-state index < -0.39 is 0 Å². The predicted molar refractivity (Wildman–Crippen MR) is 123 cm³/mol. The van der Waals surface area contributed by atoms with Crippen molar-refractivity contribution in [2.45, 2.75) is 33.2 Å². The van der Waals surface area contributed by atoms with Crippen molar-refractivity contribution in [2.24, 2.45) is 0 Å². The number of thiophene rings is 1. The largest absolute Gasteiger partial charge is 0.350 e. The minimum absolute atomic E-state index is 0.146. The van der Waals surface area contributed by atoms with Gasteiger partial charge in [-0.25, -0.2) is 4.98 Å². The van der Waals surface area contributed by atoms with E-state index in [1.165, 1.54) is 4.52 Å². The Morgan fingerprint density at radius 1 is 1.23 bits per heavy atom. The smallest absolute Gasteiger partial charge is 0.277 e. The van der Waals surface area contributed by atoms with E-state index in [1.54, 1.807) is 36.5 Å². The fraction of sp³-hybridized carbons (Fsp3) is 0.238. The lowest BCUT2D eigenvalue weighted by molar-refractivity contribution is -0.116. The van der Waals surface area contributed by atoms with E-state index in [-0.39, 0.29) is 24.3 Å². The van der Waals surface area contributed by atoms with Crippen LogP contribution in [0.2, 0.25) is 5.02 Å². The van der Waals surface area contributed by atoms with Crippen molar-refractivity contribution in [3.05, 3.63) is 72.8 Å². The van der Waals surface area contributed by atoms with E-state index in [0.29, 0.717) is 40.2 Å². The van der Waals surface area contributed by atoms with Crippen LogP contribution >= 0.6 is 22.9 Å². The third-order valence-corrected chi connectivity index (χ3v) is 6.24. The van der Waals surface area contributed by atoms with Crippen molar-refractivity contribution in [1.82, 2.24) is 19.6 Å². The molecule has 8 nitrogen and oxygen atoms in total. The molecule has 0 unspecified atom stereocenters. The van der Waals surface area contributed by atoms with E-state index >= 15 is 0 Å². The van der Waals surface area contributed by atoms with E-state index in [1.807, 2.05) is 24.4 Å². The van der Waals surface area contributed by atoms with Gasteiger partial charge in [-0.15, -0.1) is 11.3 Å². The SMILES string of the molecule is Cc1nc2nc(NCc3cccs3)[nH]n2c(=O)c1CCC(=O)Nc1cccc(Cl)c1C. The number of hydrogen-bond acceptors (Lipinski definition) is 6. The first-order valence-corrected chi connectivity index (χ1v) is 11.0. The molecule has 0 saturated heterocycles. The summed E-state index contributed by atoms with van der Waals surface area (Å²) < 4.78 is 1.30. The van der Waals surface area contributed by atoms with Gasteiger partial charge in [0.1, 0.15) is 0 Å². The lowest BCUT2D eigenvalue weighted by Crippen LogP contribution is -2.23. The first kappa shape index (κ1) is 21.1. The van der Waals surface area contributed by atoms with Crippen molar-refractivity contribution >= 4 is 46.3 Å². The van der Waals surface area contributed by atoms with Gasteiger partial charge in [0, 0.05) is 27.6 Å². The highest BCUT2D eigenvalue weighted by Gasteiger charge is 2.15. The van der Waals surface area contributed by atoms with Crippen LogP contribution in [0.15, 0.2) is 40.5 Å². The second kappa shape index (κ2) is 8.91. The molecule has 0 aliphatic heterocycles. The van der Waals surface area contributed by atoms with Crippen LogP contribution in [0.5, 0.6) is 0 Å². The molecule has 0 aliphatic rings. The first-order valence-electron chi connectivity index (χ1n) is 9.72. The number of aromatic amines is 1. The molecule has 3 N–H and O–H groups in total. The molecule has 0 radical (unpaired) electrons. The van der Waals surface area contributed by atoms with Gasteiger partial charge in [-0.3, -0.25) is 14.7 Å². The molecule has 0 atom stereocenters. The van der Waals surface area contributed by atoms with Crippen molar-refractivity contribution in [1.29, 1.82) is 0 Å². The van der Waals surface area contributed by atoms with Gasteiger partial charge < -0.3 is 10.6 Å². The minimum Gasteiger partial charge on any atom is -0.350 e. The molecule has 0 bridgehead atoms. The molecule has 3 heterocycles. The summed E-state index contributed by atoms with van der Waals surface area (Å²) in [7, 11) is 0. The minimum atomic E-state index is -0.258. The third-order valence-electron chi connectivity index (χ3n) is 4.95. The van der Waals surface area contributed by atoms with Crippen molar-refractivity contribution in [3.8, 4) is 0 Å². The number of rotatable bonds is 7. The Bertz CT molecular complexity index is 1300. The quantitative estimate of drug-likeness (QED) is 0.391. The fourth-order valence-electron chi connectivity index (χ4n) is 3.20. The Labute approximate surface area is 187 Å². The van der Waals surface area contributed by atoms with Crippen LogP contribution in [0.4, 0.5) is 11.6 Å².